The van der Waals surface area contributed by atoms with E-state index in [1.54, 1.807) is 0 Å². The Morgan fingerprint density at radius 2 is 1.92 bits per heavy atom. The molecule has 1 nitrogen and oxygen atoms in total. The first-order valence-electron chi connectivity index (χ1n) is 4.21. The van der Waals surface area contributed by atoms with Gasteiger partial charge in [-0.2, -0.15) is 13.2 Å². The fraction of sp³-hybridized carbons (Fsp3) is 1.00. The van der Waals surface area contributed by atoms with E-state index in [0.29, 0.717) is 6.42 Å². The van der Waals surface area contributed by atoms with Gasteiger partial charge in [0.15, 0.2) is 0 Å². The molecule has 1 aliphatic carbocycles. The Morgan fingerprint density at radius 1 is 1.25 bits per heavy atom. The summed E-state index contributed by atoms with van der Waals surface area (Å²) < 4.78 is 36.5. The predicted molar refractivity (Wildman–Crippen MR) is 38.6 cm³/mol. The Kier molecular flexibility index (Phi) is 2.99. The van der Waals surface area contributed by atoms with Gasteiger partial charge in [-0.25, -0.2) is 0 Å². The summed E-state index contributed by atoms with van der Waals surface area (Å²) in [5, 5.41) is 8.71. The van der Waals surface area contributed by atoms with Crippen LogP contribution in [0.3, 0.4) is 0 Å². The molecule has 72 valence electrons. The normalized spacial score (nSPS) is 32.0. The van der Waals surface area contributed by atoms with Gasteiger partial charge in [-0.15, -0.1) is 0 Å². The molecule has 0 aromatic rings. The van der Waals surface area contributed by atoms with Crippen molar-refractivity contribution in [2.45, 2.75) is 31.9 Å². The van der Waals surface area contributed by atoms with E-state index in [-0.39, 0.29) is 25.4 Å². The minimum atomic E-state index is -4.06. The minimum Gasteiger partial charge on any atom is -0.396 e. The highest BCUT2D eigenvalue weighted by Crippen LogP contribution is 2.39. The minimum absolute atomic E-state index is 0.105. The van der Waals surface area contributed by atoms with Crippen LogP contribution in [0.1, 0.15) is 25.7 Å². The Bertz CT molecular complexity index is 144. The SMILES string of the molecule is OC[C@@H]1CCC[C@H](C(F)(F)F)C1. The van der Waals surface area contributed by atoms with Crippen LogP contribution in [0.4, 0.5) is 13.2 Å². The standard InChI is InChI=1S/C8H13F3O/c9-8(10,11)7-3-1-2-6(4-7)5-12/h6-7,12H,1-5H2/t6-,7+/m1/s1. The molecule has 1 saturated carbocycles. The maximum absolute atomic E-state index is 12.2. The molecule has 0 aromatic heterocycles. The molecule has 0 saturated heterocycles. The third-order valence-corrected chi connectivity index (χ3v) is 2.50. The van der Waals surface area contributed by atoms with Crippen LogP contribution in [0.15, 0.2) is 0 Å². The van der Waals surface area contributed by atoms with Crippen LogP contribution in [-0.2, 0) is 0 Å². The second-order valence-corrected chi connectivity index (χ2v) is 3.45. The van der Waals surface area contributed by atoms with Crippen molar-refractivity contribution in [3.63, 3.8) is 0 Å². The number of hydrogen-bond donors (Lipinski definition) is 1. The molecule has 2 atom stereocenters. The van der Waals surface area contributed by atoms with Crippen molar-refractivity contribution in [3.05, 3.63) is 0 Å². The molecule has 1 rings (SSSR count). The summed E-state index contributed by atoms with van der Waals surface area (Å²) in [7, 11) is 0. The monoisotopic (exact) mass is 182 g/mol. The molecule has 0 bridgehead atoms. The van der Waals surface area contributed by atoms with Crippen molar-refractivity contribution in [1.82, 2.24) is 0 Å². The zero-order valence-electron chi connectivity index (χ0n) is 6.77. The number of alkyl halides is 3. The lowest BCUT2D eigenvalue weighted by atomic mass is 9.81. The van der Waals surface area contributed by atoms with E-state index in [4.69, 9.17) is 5.11 Å². The molecule has 0 amide bonds. The van der Waals surface area contributed by atoms with E-state index in [1.165, 1.54) is 0 Å². The Labute approximate surface area is 69.6 Å². The molecule has 1 N–H and O–H groups in total. The Balaban J connectivity index is 2.46. The number of aliphatic hydroxyl groups is 1. The van der Waals surface area contributed by atoms with E-state index in [2.05, 4.69) is 0 Å². The third kappa shape index (κ3) is 2.37. The molecule has 4 heteroatoms. The fourth-order valence-corrected chi connectivity index (χ4v) is 1.75. The summed E-state index contributed by atoms with van der Waals surface area (Å²) in [6, 6.07) is 0. The smallest absolute Gasteiger partial charge is 0.391 e. The maximum Gasteiger partial charge on any atom is 0.391 e. The van der Waals surface area contributed by atoms with Gasteiger partial charge in [-0.05, 0) is 25.2 Å². The molecule has 12 heavy (non-hydrogen) atoms. The molecule has 0 spiro atoms. The predicted octanol–water partition coefficient (Wildman–Crippen LogP) is 2.35. The van der Waals surface area contributed by atoms with Crippen molar-refractivity contribution in [3.8, 4) is 0 Å². The topological polar surface area (TPSA) is 20.2 Å². The van der Waals surface area contributed by atoms with E-state index in [0.717, 1.165) is 6.42 Å². The van der Waals surface area contributed by atoms with Gasteiger partial charge in [0.1, 0.15) is 0 Å². The first-order valence-corrected chi connectivity index (χ1v) is 4.21. The van der Waals surface area contributed by atoms with Crippen molar-refractivity contribution < 1.29 is 18.3 Å². The van der Waals surface area contributed by atoms with Crippen molar-refractivity contribution in [2.24, 2.45) is 11.8 Å². The highest BCUT2D eigenvalue weighted by molar-refractivity contribution is 4.77. The third-order valence-electron chi connectivity index (χ3n) is 2.50. The van der Waals surface area contributed by atoms with Gasteiger partial charge in [-0.3, -0.25) is 0 Å². The van der Waals surface area contributed by atoms with Crippen LogP contribution in [-0.4, -0.2) is 17.9 Å². The number of aliphatic hydroxyl groups excluding tert-OH is 1. The van der Waals surface area contributed by atoms with Gasteiger partial charge in [-0.1, -0.05) is 6.42 Å². The molecule has 0 aliphatic heterocycles. The Hall–Kier alpha value is -0.250. The molecule has 1 fully saturated rings. The van der Waals surface area contributed by atoms with Crippen LogP contribution < -0.4 is 0 Å². The number of rotatable bonds is 1. The zero-order valence-corrected chi connectivity index (χ0v) is 6.77. The second kappa shape index (κ2) is 3.64. The van der Waals surface area contributed by atoms with Crippen LogP contribution in [0, 0.1) is 11.8 Å². The summed E-state index contributed by atoms with van der Waals surface area (Å²) in [6.45, 7) is -0.105. The average Bonchev–Trinajstić information content (AvgIpc) is 2.03. The first-order chi connectivity index (χ1) is 5.54. The summed E-state index contributed by atoms with van der Waals surface area (Å²) in [5.41, 5.74) is 0. The summed E-state index contributed by atoms with van der Waals surface area (Å²) in [4.78, 5) is 0. The van der Waals surface area contributed by atoms with Crippen LogP contribution in [0.25, 0.3) is 0 Å². The molecule has 0 radical (unpaired) electrons. The lowest BCUT2D eigenvalue weighted by Crippen LogP contribution is -2.29. The highest BCUT2D eigenvalue weighted by Gasteiger charge is 2.41. The molecule has 0 heterocycles. The molecule has 0 aromatic carbocycles. The number of hydrogen-bond acceptors (Lipinski definition) is 1. The molecule has 0 unspecified atom stereocenters. The van der Waals surface area contributed by atoms with Crippen LogP contribution in [0.5, 0.6) is 0 Å². The molecule has 1 aliphatic rings. The Morgan fingerprint density at radius 3 is 2.42 bits per heavy atom. The lowest BCUT2D eigenvalue weighted by Gasteiger charge is -2.29. The van der Waals surface area contributed by atoms with Gasteiger partial charge in [0.2, 0.25) is 0 Å². The maximum atomic E-state index is 12.2. The van der Waals surface area contributed by atoms with E-state index in [9.17, 15) is 13.2 Å². The highest BCUT2D eigenvalue weighted by atomic mass is 19.4. The molecular formula is C8H13F3O. The molecular weight excluding hydrogens is 169 g/mol. The van der Waals surface area contributed by atoms with Gasteiger partial charge < -0.3 is 5.11 Å². The van der Waals surface area contributed by atoms with E-state index in [1.807, 2.05) is 0 Å². The van der Waals surface area contributed by atoms with Crippen molar-refractivity contribution >= 4 is 0 Å². The van der Waals surface area contributed by atoms with E-state index >= 15 is 0 Å². The van der Waals surface area contributed by atoms with Gasteiger partial charge >= 0.3 is 6.18 Å². The van der Waals surface area contributed by atoms with Crippen molar-refractivity contribution in [1.29, 1.82) is 0 Å². The van der Waals surface area contributed by atoms with Gasteiger partial charge in [0.25, 0.3) is 0 Å². The van der Waals surface area contributed by atoms with Gasteiger partial charge in [0, 0.05) is 6.61 Å². The van der Waals surface area contributed by atoms with Crippen LogP contribution in [0.2, 0.25) is 0 Å². The summed E-state index contributed by atoms with van der Waals surface area (Å²) in [6.07, 6.45) is -2.38. The van der Waals surface area contributed by atoms with Gasteiger partial charge in [0.05, 0.1) is 5.92 Å². The largest absolute Gasteiger partial charge is 0.396 e. The van der Waals surface area contributed by atoms with Crippen LogP contribution >= 0.6 is 0 Å². The lowest BCUT2D eigenvalue weighted by molar-refractivity contribution is -0.186. The summed E-state index contributed by atoms with van der Waals surface area (Å²) in [5.74, 6) is -1.31. The average molecular weight is 182 g/mol. The second-order valence-electron chi connectivity index (χ2n) is 3.45. The first kappa shape index (κ1) is 9.84. The van der Waals surface area contributed by atoms with Crippen molar-refractivity contribution in [2.75, 3.05) is 6.61 Å². The number of halogens is 3. The fourth-order valence-electron chi connectivity index (χ4n) is 1.75. The quantitative estimate of drug-likeness (QED) is 0.660. The zero-order chi connectivity index (χ0) is 9.19. The van der Waals surface area contributed by atoms with E-state index < -0.39 is 12.1 Å². The summed E-state index contributed by atoms with van der Waals surface area (Å²) >= 11 is 0.